The molecule has 2 heterocycles. The lowest BCUT2D eigenvalue weighted by molar-refractivity contribution is 0.967. The molecule has 0 bridgehead atoms. The molecule has 0 fully saturated rings. The highest BCUT2D eigenvalue weighted by Crippen LogP contribution is 2.15. The predicted molar refractivity (Wildman–Crippen MR) is 50.5 cm³/mol. The lowest BCUT2D eigenvalue weighted by Crippen LogP contribution is -1.86. The molecule has 0 aliphatic rings. The Kier molecular flexibility index (Phi) is 2.04. The summed E-state index contributed by atoms with van der Waals surface area (Å²) in [5, 5.41) is 3.91. The van der Waals surface area contributed by atoms with Crippen molar-refractivity contribution in [2.75, 3.05) is 6.54 Å². The topological polar surface area (TPSA) is 58.1 Å². The molecule has 2 aromatic heterocycles. The van der Waals surface area contributed by atoms with Crippen molar-refractivity contribution in [3.8, 4) is 0 Å². The van der Waals surface area contributed by atoms with Gasteiger partial charge in [-0.1, -0.05) is 5.18 Å². The van der Waals surface area contributed by atoms with Gasteiger partial charge in [0.05, 0.1) is 6.54 Å². The summed E-state index contributed by atoms with van der Waals surface area (Å²) in [7, 11) is 0. The van der Waals surface area contributed by atoms with Crippen molar-refractivity contribution in [2.45, 2.75) is 6.42 Å². The minimum atomic E-state index is 0.321. The molecule has 4 nitrogen and oxygen atoms in total. The van der Waals surface area contributed by atoms with Gasteiger partial charge < -0.3 is 4.98 Å². The summed E-state index contributed by atoms with van der Waals surface area (Å²) in [5.74, 6) is 0. The Hall–Kier alpha value is -1.71. The third kappa shape index (κ3) is 1.42. The molecule has 0 atom stereocenters. The molecule has 13 heavy (non-hydrogen) atoms. The minimum Gasteiger partial charge on any atom is -0.346 e. The van der Waals surface area contributed by atoms with E-state index in [9.17, 15) is 4.91 Å². The van der Waals surface area contributed by atoms with E-state index in [1.54, 1.807) is 6.20 Å². The molecule has 66 valence electrons. The molecular formula is C9H9N3O. The molecule has 0 unspecified atom stereocenters. The number of pyridine rings is 1. The number of nitrogens with zero attached hydrogens (tertiary/aromatic N) is 2. The third-order valence-corrected chi connectivity index (χ3v) is 2.01. The number of hydrogen-bond donors (Lipinski definition) is 1. The Morgan fingerprint density at radius 3 is 3.31 bits per heavy atom. The molecule has 4 heteroatoms. The molecule has 0 saturated carbocycles. The van der Waals surface area contributed by atoms with Gasteiger partial charge in [0, 0.05) is 17.8 Å². The number of nitroso groups, excluding NO2 is 1. The molecule has 2 aromatic rings. The van der Waals surface area contributed by atoms with E-state index in [4.69, 9.17) is 0 Å². The van der Waals surface area contributed by atoms with E-state index in [2.05, 4.69) is 15.1 Å². The van der Waals surface area contributed by atoms with Crippen LogP contribution in [0.2, 0.25) is 0 Å². The smallest absolute Gasteiger partial charge is 0.137 e. The largest absolute Gasteiger partial charge is 0.346 e. The van der Waals surface area contributed by atoms with Gasteiger partial charge in [-0.15, -0.1) is 0 Å². The SMILES string of the molecule is O=NCCc1c[nH]c2ncccc12. The number of aromatic nitrogens is 2. The standard InChI is InChI=1S/C9H9N3O/c13-12-5-3-7-6-11-9-8(7)2-1-4-10-9/h1-2,4,6H,3,5H2,(H,10,11). The molecule has 0 aliphatic heterocycles. The molecular weight excluding hydrogens is 166 g/mol. The van der Waals surface area contributed by atoms with Crippen molar-refractivity contribution in [3.05, 3.63) is 35.0 Å². The fourth-order valence-corrected chi connectivity index (χ4v) is 1.39. The molecule has 2 rings (SSSR count). The van der Waals surface area contributed by atoms with Crippen LogP contribution >= 0.6 is 0 Å². The van der Waals surface area contributed by atoms with Gasteiger partial charge in [-0.25, -0.2) is 4.98 Å². The van der Waals surface area contributed by atoms with Crippen LogP contribution in [0.3, 0.4) is 0 Å². The van der Waals surface area contributed by atoms with Gasteiger partial charge in [-0.2, -0.15) is 4.91 Å². The number of hydrogen-bond acceptors (Lipinski definition) is 3. The van der Waals surface area contributed by atoms with E-state index in [0.29, 0.717) is 13.0 Å². The maximum absolute atomic E-state index is 9.96. The summed E-state index contributed by atoms with van der Waals surface area (Å²) in [6.07, 6.45) is 4.29. The molecule has 1 N–H and O–H groups in total. The van der Waals surface area contributed by atoms with Gasteiger partial charge in [-0.05, 0) is 24.1 Å². The van der Waals surface area contributed by atoms with Crippen molar-refractivity contribution >= 4 is 11.0 Å². The van der Waals surface area contributed by atoms with Crippen LogP contribution in [0.5, 0.6) is 0 Å². The van der Waals surface area contributed by atoms with Crippen molar-refractivity contribution in [3.63, 3.8) is 0 Å². The summed E-state index contributed by atoms with van der Waals surface area (Å²) in [5.41, 5.74) is 1.96. The lowest BCUT2D eigenvalue weighted by atomic mass is 10.2. The van der Waals surface area contributed by atoms with E-state index in [-0.39, 0.29) is 0 Å². The summed E-state index contributed by atoms with van der Waals surface area (Å²) < 4.78 is 0. The highest BCUT2D eigenvalue weighted by atomic mass is 16.3. The molecule has 0 aliphatic carbocycles. The monoisotopic (exact) mass is 175 g/mol. The zero-order valence-electron chi connectivity index (χ0n) is 7.03. The number of fused-ring (bicyclic) bond motifs is 1. The quantitative estimate of drug-likeness (QED) is 0.724. The normalized spacial score (nSPS) is 10.5. The van der Waals surface area contributed by atoms with Crippen molar-refractivity contribution in [2.24, 2.45) is 5.18 Å². The van der Waals surface area contributed by atoms with Crippen LogP contribution in [0.1, 0.15) is 5.56 Å². The maximum Gasteiger partial charge on any atom is 0.137 e. The van der Waals surface area contributed by atoms with E-state index in [1.165, 1.54) is 0 Å². The first-order valence-electron chi connectivity index (χ1n) is 4.12. The Balaban J connectivity index is 2.40. The average Bonchev–Trinajstić information content (AvgIpc) is 2.58. The van der Waals surface area contributed by atoms with Crippen LogP contribution < -0.4 is 0 Å². The first-order chi connectivity index (χ1) is 6.42. The number of H-pyrrole nitrogens is 1. The molecule has 0 aromatic carbocycles. The van der Waals surface area contributed by atoms with E-state index < -0.39 is 0 Å². The van der Waals surface area contributed by atoms with E-state index in [0.717, 1.165) is 16.6 Å². The van der Waals surface area contributed by atoms with Gasteiger partial charge >= 0.3 is 0 Å². The third-order valence-electron chi connectivity index (χ3n) is 2.01. The molecule has 0 radical (unpaired) electrons. The number of aromatic amines is 1. The Morgan fingerprint density at radius 2 is 2.46 bits per heavy atom. The second-order valence-electron chi connectivity index (χ2n) is 2.82. The molecule has 0 amide bonds. The second kappa shape index (κ2) is 3.35. The highest BCUT2D eigenvalue weighted by molar-refractivity contribution is 5.79. The number of nitrogens with one attached hydrogen (secondary N) is 1. The average molecular weight is 175 g/mol. The summed E-state index contributed by atoms with van der Waals surface area (Å²) in [6.45, 7) is 0.321. The Morgan fingerprint density at radius 1 is 1.54 bits per heavy atom. The van der Waals surface area contributed by atoms with Gasteiger partial charge in [-0.3, -0.25) is 0 Å². The van der Waals surface area contributed by atoms with Crippen LogP contribution in [0.4, 0.5) is 0 Å². The van der Waals surface area contributed by atoms with Gasteiger partial charge in [0.2, 0.25) is 0 Å². The Labute approximate surface area is 75.0 Å². The Bertz CT molecular complexity index is 421. The molecule has 0 spiro atoms. The van der Waals surface area contributed by atoms with Crippen molar-refractivity contribution < 1.29 is 0 Å². The van der Waals surface area contributed by atoms with Gasteiger partial charge in [0.1, 0.15) is 5.65 Å². The fraction of sp³-hybridized carbons (Fsp3) is 0.222. The second-order valence-corrected chi connectivity index (χ2v) is 2.82. The lowest BCUT2D eigenvalue weighted by Gasteiger charge is -1.92. The predicted octanol–water partition coefficient (Wildman–Crippen LogP) is 1.87. The first-order valence-corrected chi connectivity index (χ1v) is 4.12. The fourth-order valence-electron chi connectivity index (χ4n) is 1.39. The summed E-state index contributed by atoms with van der Waals surface area (Å²) in [6, 6.07) is 3.87. The van der Waals surface area contributed by atoms with E-state index >= 15 is 0 Å². The van der Waals surface area contributed by atoms with Crippen LogP contribution in [0.15, 0.2) is 29.7 Å². The minimum absolute atomic E-state index is 0.321. The summed E-state index contributed by atoms with van der Waals surface area (Å²) in [4.78, 5) is 17.1. The zero-order chi connectivity index (χ0) is 9.10. The number of rotatable bonds is 3. The van der Waals surface area contributed by atoms with Crippen molar-refractivity contribution in [1.82, 2.24) is 9.97 Å². The van der Waals surface area contributed by atoms with Gasteiger partial charge in [0.15, 0.2) is 0 Å². The zero-order valence-corrected chi connectivity index (χ0v) is 7.03. The van der Waals surface area contributed by atoms with E-state index in [1.807, 2.05) is 18.3 Å². The van der Waals surface area contributed by atoms with Crippen LogP contribution in [0, 0.1) is 4.91 Å². The maximum atomic E-state index is 9.96. The summed E-state index contributed by atoms with van der Waals surface area (Å²) >= 11 is 0. The first kappa shape index (κ1) is 7.91. The van der Waals surface area contributed by atoms with Crippen molar-refractivity contribution in [1.29, 1.82) is 0 Å². The van der Waals surface area contributed by atoms with Crippen LogP contribution in [0.25, 0.3) is 11.0 Å². The molecule has 0 saturated heterocycles. The van der Waals surface area contributed by atoms with Crippen LogP contribution in [-0.4, -0.2) is 16.5 Å². The van der Waals surface area contributed by atoms with Gasteiger partial charge in [0.25, 0.3) is 0 Å². The highest BCUT2D eigenvalue weighted by Gasteiger charge is 2.02. The van der Waals surface area contributed by atoms with Crippen LogP contribution in [-0.2, 0) is 6.42 Å².